The maximum absolute atomic E-state index is 12.2. The number of carbonyl (C=O) groups is 4. The predicted molar refractivity (Wildman–Crippen MR) is 94.5 cm³/mol. The Morgan fingerprint density at radius 3 is 2.78 bits per heavy atom. The minimum atomic E-state index is -1.06. The fraction of sp³-hybridized carbons (Fsp3) is 0.412. The normalized spacial score (nSPS) is 19.6. The lowest BCUT2D eigenvalue weighted by Crippen LogP contribution is -2.44. The number of rotatable bonds is 6. The number of carbonyl (C=O) groups excluding carboxylic acids is 4. The number of thioether (sulfide) groups is 1. The summed E-state index contributed by atoms with van der Waals surface area (Å²) in [6.45, 7) is 1.57. The summed E-state index contributed by atoms with van der Waals surface area (Å²) in [6.07, 6.45) is -2.02. The molecule has 0 aliphatic carbocycles. The topological polar surface area (TPSA) is 111 Å². The molecule has 9 nitrogen and oxygen atoms in total. The molecule has 2 aliphatic heterocycles. The molecule has 3 amide bonds. The Kier molecular flexibility index (Phi) is 5.84. The third-order valence-electron chi connectivity index (χ3n) is 3.91. The highest BCUT2D eigenvalue weighted by Crippen LogP contribution is 2.31. The van der Waals surface area contributed by atoms with Crippen LogP contribution in [0.15, 0.2) is 24.3 Å². The maximum atomic E-state index is 12.2. The van der Waals surface area contributed by atoms with Crippen LogP contribution in [0.1, 0.15) is 6.92 Å². The van der Waals surface area contributed by atoms with Gasteiger partial charge in [0.05, 0.1) is 5.75 Å². The molecule has 2 heterocycles. The highest BCUT2D eigenvalue weighted by atomic mass is 32.2. The number of fused-ring (bicyclic) bond motifs is 1. The van der Waals surface area contributed by atoms with E-state index in [0.29, 0.717) is 11.5 Å². The molecule has 0 aromatic heterocycles. The lowest BCUT2D eigenvalue weighted by Gasteiger charge is -2.26. The van der Waals surface area contributed by atoms with Crippen molar-refractivity contribution in [3.63, 3.8) is 0 Å². The number of hydrogen-bond donors (Lipinski definition) is 1. The van der Waals surface area contributed by atoms with Gasteiger partial charge >= 0.3 is 5.97 Å². The molecule has 1 saturated heterocycles. The Morgan fingerprint density at radius 1 is 1.33 bits per heavy atom. The van der Waals surface area contributed by atoms with Crippen molar-refractivity contribution in [2.45, 2.75) is 19.1 Å². The number of esters is 1. The molecule has 2 atom stereocenters. The molecule has 1 N–H and O–H groups in total. The average Bonchev–Trinajstić information content (AvgIpc) is 2.99. The van der Waals surface area contributed by atoms with Crippen LogP contribution in [-0.2, 0) is 19.1 Å². The van der Waals surface area contributed by atoms with E-state index in [1.807, 2.05) is 0 Å². The van der Waals surface area contributed by atoms with E-state index in [2.05, 4.69) is 5.32 Å². The Hall–Kier alpha value is -2.75. The third kappa shape index (κ3) is 4.51. The molecule has 0 unspecified atom stereocenters. The van der Waals surface area contributed by atoms with Crippen LogP contribution in [-0.4, -0.2) is 65.6 Å². The van der Waals surface area contributed by atoms with E-state index in [9.17, 15) is 19.2 Å². The summed E-state index contributed by atoms with van der Waals surface area (Å²) in [6, 6.07) is 6.93. The van der Waals surface area contributed by atoms with E-state index in [1.165, 1.54) is 6.92 Å². The van der Waals surface area contributed by atoms with Gasteiger partial charge in [-0.15, -0.1) is 0 Å². The largest absolute Gasteiger partial charge is 0.485 e. The molecular weight excluding hydrogens is 376 g/mol. The SMILES string of the molecule is C[C@H](OC(=O)[C@H]1COc2ccccc2O1)C(=O)NCCN1C(=O)CSC1=O. The van der Waals surface area contributed by atoms with Gasteiger partial charge in [0.25, 0.3) is 11.1 Å². The maximum Gasteiger partial charge on any atom is 0.351 e. The van der Waals surface area contributed by atoms with Crippen LogP contribution in [0.25, 0.3) is 0 Å². The molecule has 0 radical (unpaired) electrons. The first-order valence-corrected chi connectivity index (χ1v) is 9.28. The van der Waals surface area contributed by atoms with Crippen LogP contribution in [0.4, 0.5) is 4.79 Å². The minimum absolute atomic E-state index is 0.0129. The molecule has 1 aromatic rings. The number of imide groups is 1. The molecule has 144 valence electrons. The van der Waals surface area contributed by atoms with Crippen molar-refractivity contribution in [3.05, 3.63) is 24.3 Å². The zero-order valence-electron chi connectivity index (χ0n) is 14.5. The van der Waals surface area contributed by atoms with Gasteiger partial charge in [-0.05, 0) is 19.1 Å². The molecule has 10 heteroatoms. The fourth-order valence-corrected chi connectivity index (χ4v) is 3.22. The van der Waals surface area contributed by atoms with Crippen molar-refractivity contribution < 1.29 is 33.4 Å². The molecule has 1 aromatic carbocycles. The zero-order valence-corrected chi connectivity index (χ0v) is 15.3. The molecule has 0 bridgehead atoms. The summed E-state index contributed by atoms with van der Waals surface area (Å²) in [5, 5.41) is 2.20. The van der Waals surface area contributed by atoms with Gasteiger partial charge in [-0.2, -0.15) is 0 Å². The number of amides is 3. The third-order valence-corrected chi connectivity index (χ3v) is 4.77. The fourth-order valence-electron chi connectivity index (χ4n) is 2.47. The average molecular weight is 394 g/mol. The van der Waals surface area contributed by atoms with Gasteiger partial charge in [-0.1, -0.05) is 23.9 Å². The summed E-state index contributed by atoms with van der Waals surface area (Å²) in [4.78, 5) is 48.2. The van der Waals surface area contributed by atoms with Gasteiger partial charge < -0.3 is 19.5 Å². The van der Waals surface area contributed by atoms with E-state index in [-0.39, 0.29) is 36.6 Å². The summed E-state index contributed by atoms with van der Waals surface area (Å²) >= 11 is 0.928. The molecule has 27 heavy (non-hydrogen) atoms. The number of para-hydroxylation sites is 2. The van der Waals surface area contributed by atoms with Crippen LogP contribution >= 0.6 is 11.8 Å². The Bertz CT molecular complexity index is 753. The summed E-state index contributed by atoms with van der Waals surface area (Å²) in [7, 11) is 0. The monoisotopic (exact) mass is 394 g/mol. The van der Waals surface area contributed by atoms with Crippen LogP contribution < -0.4 is 14.8 Å². The van der Waals surface area contributed by atoms with Crippen LogP contribution in [0.2, 0.25) is 0 Å². The second kappa shape index (κ2) is 8.30. The van der Waals surface area contributed by atoms with E-state index >= 15 is 0 Å². The van der Waals surface area contributed by atoms with Crippen molar-refractivity contribution >= 4 is 34.8 Å². The lowest BCUT2D eigenvalue weighted by atomic mass is 10.2. The van der Waals surface area contributed by atoms with Crippen molar-refractivity contribution in [1.29, 1.82) is 0 Å². The number of ether oxygens (including phenoxy) is 3. The first-order chi connectivity index (χ1) is 13.0. The minimum Gasteiger partial charge on any atom is -0.485 e. The first kappa shape index (κ1) is 19.0. The molecule has 0 saturated carbocycles. The van der Waals surface area contributed by atoms with Gasteiger partial charge in [-0.3, -0.25) is 19.3 Å². The lowest BCUT2D eigenvalue weighted by molar-refractivity contribution is -0.163. The van der Waals surface area contributed by atoms with Crippen LogP contribution in [0.5, 0.6) is 11.5 Å². The van der Waals surface area contributed by atoms with Crippen molar-refractivity contribution in [2.24, 2.45) is 0 Å². The standard InChI is InChI=1S/C17H18N2O7S/c1-10(15(21)18-6-7-19-14(20)9-27-17(19)23)25-16(22)13-8-24-11-4-2-3-5-12(11)26-13/h2-5,10,13H,6-9H2,1H3,(H,18,21)/t10-,13+/m0/s1. The van der Waals surface area contributed by atoms with Gasteiger partial charge in [0.15, 0.2) is 17.6 Å². The first-order valence-electron chi connectivity index (χ1n) is 8.29. The second-order valence-corrected chi connectivity index (χ2v) is 6.76. The molecule has 0 spiro atoms. The molecule has 1 fully saturated rings. The summed E-state index contributed by atoms with van der Waals surface area (Å²) < 4.78 is 16.1. The number of nitrogens with zero attached hydrogens (tertiary/aromatic N) is 1. The number of nitrogens with one attached hydrogen (secondary N) is 1. The van der Waals surface area contributed by atoms with Crippen molar-refractivity contribution in [2.75, 3.05) is 25.4 Å². The van der Waals surface area contributed by atoms with E-state index < -0.39 is 24.1 Å². The number of benzene rings is 1. The smallest absolute Gasteiger partial charge is 0.351 e. The van der Waals surface area contributed by atoms with E-state index in [1.54, 1.807) is 24.3 Å². The Labute approximate surface area is 159 Å². The van der Waals surface area contributed by atoms with Crippen LogP contribution in [0.3, 0.4) is 0 Å². The highest BCUT2D eigenvalue weighted by Gasteiger charge is 2.32. The number of hydrogen-bond acceptors (Lipinski definition) is 8. The van der Waals surface area contributed by atoms with Gasteiger partial charge in [0.1, 0.15) is 6.61 Å². The molecule has 2 aliphatic rings. The highest BCUT2D eigenvalue weighted by molar-refractivity contribution is 8.14. The molecular formula is C17H18N2O7S. The van der Waals surface area contributed by atoms with Crippen LogP contribution in [0, 0.1) is 0 Å². The molecule has 3 rings (SSSR count). The summed E-state index contributed by atoms with van der Waals surface area (Å²) in [5.41, 5.74) is 0. The van der Waals surface area contributed by atoms with Gasteiger partial charge in [0, 0.05) is 13.1 Å². The van der Waals surface area contributed by atoms with Crippen molar-refractivity contribution in [1.82, 2.24) is 10.2 Å². The Morgan fingerprint density at radius 2 is 2.07 bits per heavy atom. The zero-order chi connectivity index (χ0) is 19.4. The van der Waals surface area contributed by atoms with Crippen molar-refractivity contribution in [3.8, 4) is 11.5 Å². The quantitative estimate of drug-likeness (QED) is 0.697. The second-order valence-electron chi connectivity index (χ2n) is 5.83. The van der Waals surface area contributed by atoms with Gasteiger partial charge in [-0.25, -0.2) is 4.79 Å². The predicted octanol–water partition coefficient (Wildman–Crippen LogP) is 0.570. The van der Waals surface area contributed by atoms with E-state index in [0.717, 1.165) is 16.7 Å². The van der Waals surface area contributed by atoms with E-state index in [4.69, 9.17) is 14.2 Å². The van der Waals surface area contributed by atoms with Gasteiger partial charge in [0.2, 0.25) is 12.0 Å². The summed E-state index contributed by atoms with van der Waals surface area (Å²) in [5.74, 6) is -0.445. The Balaban J connectivity index is 1.43.